The summed E-state index contributed by atoms with van der Waals surface area (Å²) in [6.45, 7) is 5.70. The first-order valence-corrected chi connectivity index (χ1v) is 7.49. The minimum Gasteiger partial charge on any atom is -0.397 e. The number of nitrogens with zero attached hydrogens (tertiary/aromatic N) is 1. The summed E-state index contributed by atoms with van der Waals surface area (Å²) in [5, 5.41) is 0.353. The van der Waals surface area contributed by atoms with Crippen LogP contribution in [0.2, 0.25) is 5.02 Å². The molecular weight excluding hydrogens is 272 g/mol. The monoisotopic (exact) mass is 290 g/mol. The van der Waals surface area contributed by atoms with Gasteiger partial charge in [-0.3, -0.25) is 0 Å². The first-order chi connectivity index (χ1) is 8.13. The number of hydrogen-bond acceptors (Lipinski definition) is 3. The molecule has 0 atom stereocenters. The average Bonchev–Trinajstić information content (AvgIpc) is 2.31. The number of rotatable bonds is 4. The lowest BCUT2D eigenvalue weighted by molar-refractivity contribution is 0.257. The molecule has 0 bridgehead atoms. The quantitative estimate of drug-likeness (QED) is 0.867. The fourth-order valence-electron chi connectivity index (χ4n) is 1.39. The van der Waals surface area contributed by atoms with E-state index in [-0.39, 0.29) is 10.6 Å². The van der Waals surface area contributed by atoms with Crippen molar-refractivity contribution >= 4 is 27.3 Å². The molecule has 1 rings (SSSR count). The SMILES string of the molecule is CCC(C)(C)N(C)S(=O)(=O)c1ccc(Cl)c(N)c1. The highest BCUT2D eigenvalue weighted by Crippen LogP contribution is 2.28. The fraction of sp³-hybridized carbons (Fsp3) is 0.500. The fourth-order valence-corrected chi connectivity index (χ4v) is 3.12. The van der Waals surface area contributed by atoms with Crippen LogP contribution in [0.15, 0.2) is 23.1 Å². The Labute approximate surface area is 114 Å². The number of sulfonamides is 1. The molecule has 0 radical (unpaired) electrons. The van der Waals surface area contributed by atoms with Crippen molar-refractivity contribution in [2.45, 2.75) is 37.6 Å². The van der Waals surface area contributed by atoms with Gasteiger partial charge in [-0.1, -0.05) is 18.5 Å². The standard InChI is InChI=1S/C12H19ClN2O2S/c1-5-12(2,3)15(4)18(16,17)9-6-7-10(13)11(14)8-9/h6-8H,5,14H2,1-4H3. The normalized spacial score (nSPS) is 13.0. The third-order valence-electron chi connectivity index (χ3n) is 3.34. The second kappa shape index (κ2) is 5.07. The van der Waals surface area contributed by atoms with Gasteiger partial charge in [0.2, 0.25) is 10.0 Å². The summed E-state index contributed by atoms with van der Waals surface area (Å²) in [6, 6.07) is 4.35. The first-order valence-electron chi connectivity index (χ1n) is 5.67. The van der Waals surface area contributed by atoms with Gasteiger partial charge in [0, 0.05) is 12.6 Å². The molecule has 0 aromatic heterocycles. The van der Waals surface area contributed by atoms with Crippen molar-refractivity contribution in [1.29, 1.82) is 0 Å². The highest BCUT2D eigenvalue weighted by molar-refractivity contribution is 7.89. The average molecular weight is 291 g/mol. The van der Waals surface area contributed by atoms with Crippen LogP contribution in [0.1, 0.15) is 27.2 Å². The molecule has 0 saturated carbocycles. The smallest absolute Gasteiger partial charge is 0.243 e. The molecule has 0 amide bonds. The maximum absolute atomic E-state index is 12.4. The van der Waals surface area contributed by atoms with Crippen molar-refractivity contribution in [3.05, 3.63) is 23.2 Å². The molecule has 0 spiro atoms. The number of anilines is 1. The lowest BCUT2D eigenvalue weighted by Crippen LogP contribution is -2.44. The molecule has 4 nitrogen and oxygen atoms in total. The Bertz CT molecular complexity index is 541. The highest BCUT2D eigenvalue weighted by Gasteiger charge is 2.32. The minimum absolute atomic E-state index is 0.161. The molecule has 6 heteroatoms. The zero-order valence-corrected chi connectivity index (χ0v) is 12.6. The van der Waals surface area contributed by atoms with Crippen LogP contribution in [-0.2, 0) is 10.0 Å². The van der Waals surface area contributed by atoms with E-state index in [1.165, 1.54) is 22.5 Å². The third-order valence-corrected chi connectivity index (χ3v) is 5.75. The highest BCUT2D eigenvalue weighted by atomic mass is 35.5. The number of nitrogens with two attached hydrogens (primary N) is 1. The van der Waals surface area contributed by atoms with E-state index in [1.54, 1.807) is 7.05 Å². The van der Waals surface area contributed by atoms with E-state index < -0.39 is 15.6 Å². The van der Waals surface area contributed by atoms with Gasteiger partial charge in [0.15, 0.2) is 0 Å². The van der Waals surface area contributed by atoms with E-state index in [0.717, 1.165) is 0 Å². The van der Waals surface area contributed by atoms with E-state index >= 15 is 0 Å². The lowest BCUT2D eigenvalue weighted by Gasteiger charge is -2.33. The van der Waals surface area contributed by atoms with Crippen LogP contribution in [-0.4, -0.2) is 25.3 Å². The number of nitrogen functional groups attached to an aromatic ring is 1. The molecule has 18 heavy (non-hydrogen) atoms. The summed E-state index contributed by atoms with van der Waals surface area (Å²) in [5.41, 5.74) is 5.46. The van der Waals surface area contributed by atoms with E-state index in [1.807, 2.05) is 20.8 Å². The Balaban J connectivity index is 3.26. The van der Waals surface area contributed by atoms with Gasteiger partial charge in [-0.05, 0) is 38.5 Å². The predicted octanol–water partition coefficient (Wildman–Crippen LogP) is 2.73. The largest absolute Gasteiger partial charge is 0.397 e. The van der Waals surface area contributed by atoms with Gasteiger partial charge in [0.25, 0.3) is 0 Å². The van der Waals surface area contributed by atoms with Crippen molar-refractivity contribution < 1.29 is 8.42 Å². The molecule has 0 aliphatic carbocycles. The van der Waals surface area contributed by atoms with Crippen molar-refractivity contribution in [1.82, 2.24) is 4.31 Å². The molecule has 102 valence electrons. The Morgan fingerprint density at radius 1 is 1.39 bits per heavy atom. The van der Waals surface area contributed by atoms with Crippen molar-refractivity contribution in [3.63, 3.8) is 0 Å². The number of halogens is 1. The number of benzene rings is 1. The van der Waals surface area contributed by atoms with Gasteiger partial charge < -0.3 is 5.73 Å². The molecule has 0 heterocycles. The zero-order chi connectivity index (χ0) is 14.1. The maximum Gasteiger partial charge on any atom is 0.243 e. The van der Waals surface area contributed by atoms with Crippen molar-refractivity contribution in [2.75, 3.05) is 12.8 Å². The van der Waals surface area contributed by atoms with Crippen LogP contribution in [0.5, 0.6) is 0 Å². The second-order valence-electron chi connectivity index (χ2n) is 4.82. The summed E-state index contributed by atoms with van der Waals surface area (Å²) < 4.78 is 26.2. The van der Waals surface area contributed by atoms with Gasteiger partial charge >= 0.3 is 0 Å². The number of hydrogen-bond donors (Lipinski definition) is 1. The molecule has 1 aromatic carbocycles. The van der Waals surface area contributed by atoms with Gasteiger partial charge in [0.1, 0.15) is 0 Å². The Morgan fingerprint density at radius 2 is 1.94 bits per heavy atom. The molecule has 0 fully saturated rings. The zero-order valence-electron chi connectivity index (χ0n) is 11.1. The summed E-state index contributed by atoms with van der Waals surface area (Å²) in [5.74, 6) is 0. The van der Waals surface area contributed by atoms with Gasteiger partial charge in [0.05, 0.1) is 15.6 Å². The van der Waals surface area contributed by atoms with Crippen LogP contribution in [0.25, 0.3) is 0 Å². The van der Waals surface area contributed by atoms with Crippen LogP contribution >= 0.6 is 11.6 Å². The van der Waals surface area contributed by atoms with Crippen LogP contribution in [0.4, 0.5) is 5.69 Å². The molecule has 0 aliphatic rings. The maximum atomic E-state index is 12.4. The molecule has 1 aromatic rings. The second-order valence-corrected chi connectivity index (χ2v) is 7.20. The molecule has 0 aliphatic heterocycles. The molecular formula is C12H19ClN2O2S. The lowest BCUT2D eigenvalue weighted by atomic mass is 10.0. The van der Waals surface area contributed by atoms with Gasteiger partial charge in [-0.25, -0.2) is 8.42 Å². The Kier molecular flexibility index (Phi) is 4.30. The van der Waals surface area contributed by atoms with Crippen LogP contribution < -0.4 is 5.73 Å². The van der Waals surface area contributed by atoms with E-state index in [0.29, 0.717) is 11.4 Å². The summed E-state index contributed by atoms with van der Waals surface area (Å²) in [7, 11) is -1.98. The molecule has 2 N–H and O–H groups in total. The molecule has 0 unspecified atom stereocenters. The van der Waals surface area contributed by atoms with Gasteiger partial charge in [-0.15, -0.1) is 0 Å². The first kappa shape index (κ1) is 15.3. The summed E-state index contributed by atoms with van der Waals surface area (Å²) in [4.78, 5) is 0.161. The topological polar surface area (TPSA) is 63.4 Å². The predicted molar refractivity (Wildman–Crippen MR) is 75.2 cm³/mol. The molecule has 0 saturated heterocycles. The Morgan fingerprint density at radius 3 is 2.39 bits per heavy atom. The van der Waals surface area contributed by atoms with E-state index in [4.69, 9.17) is 17.3 Å². The summed E-state index contributed by atoms with van der Waals surface area (Å²) in [6.07, 6.45) is 0.714. The van der Waals surface area contributed by atoms with E-state index in [9.17, 15) is 8.42 Å². The van der Waals surface area contributed by atoms with Gasteiger partial charge in [-0.2, -0.15) is 4.31 Å². The minimum atomic E-state index is -3.55. The van der Waals surface area contributed by atoms with E-state index in [2.05, 4.69) is 0 Å². The van der Waals surface area contributed by atoms with Crippen molar-refractivity contribution in [3.8, 4) is 0 Å². The summed E-state index contributed by atoms with van der Waals surface area (Å²) >= 11 is 5.79. The Hall–Kier alpha value is -0.780. The third kappa shape index (κ3) is 2.79. The van der Waals surface area contributed by atoms with Crippen LogP contribution in [0, 0.1) is 0 Å². The van der Waals surface area contributed by atoms with Crippen LogP contribution in [0.3, 0.4) is 0 Å². The van der Waals surface area contributed by atoms with Crippen molar-refractivity contribution in [2.24, 2.45) is 0 Å².